The van der Waals surface area contributed by atoms with Crippen molar-refractivity contribution in [2.45, 2.75) is 30.8 Å². The summed E-state index contributed by atoms with van der Waals surface area (Å²) in [5, 5.41) is 9.81. The topological polar surface area (TPSA) is 120 Å². The van der Waals surface area contributed by atoms with E-state index < -0.39 is 10.0 Å². The summed E-state index contributed by atoms with van der Waals surface area (Å²) in [6, 6.07) is 16.8. The molecule has 4 rings (SSSR count). The van der Waals surface area contributed by atoms with Crippen LogP contribution in [0.3, 0.4) is 0 Å². The highest BCUT2D eigenvalue weighted by atomic mass is 32.2. The van der Waals surface area contributed by atoms with E-state index in [0.717, 1.165) is 38.0 Å². The molecule has 2 aliphatic heterocycles. The summed E-state index contributed by atoms with van der Waals surface area (Å²) in [7, 11) is -3.71. The van der Waals surface area contributed by atoms with Crippen LogP contribution in [0.15, 0.2) is 71.4 Å². The van der Waals surface area contributed by atoms with E-state index in [1.165, 1.54) is 17.7 Å². The minimum absolute atomic E-state index is 0.0673. The Hall–Kier alpha value is -2.92. The number of nitrogens with two attached hydrogens (primary N) is 1. The lowest BCUT2D eigenvalue weighted by Crippen LogP contribution is -2.42. The Balaban J connectivity index is 1.16. The summed E-state index contributed by atoms with van der Waals surface area (Å²) in [6.07, 6.45) is 3.76. The van der Waals surface area contributed by atoms with Crippen molar-refractivity contribution in [2.24, 2.45) is 11.1 Å². The molecule has 0 saturated carbocycles. The second kappa shape index (κ2) is 10.3. The summed E-state index contributed by atoms with van der Waals surface area (Å²) in [5.41, 5.74) is 8.66. The Morgan fingerprint density at radius 1 is 1.00 bits per heavy atom. The highest BCUT2D eigenvalue weighted by Crippen LogP contribution is 2.18. The number of benzene rings is 2. The molecule has 0 bridgehead atoms. The van der Waals surface area contributed by atoms with Crippen LogP contribution < -0.4 is 21.3 Å². The normalized spacial score (nSPS) is 17.8. The molecule has 2 heterocycles. The molecule has 176 valence electrons. The van der Waals surface area contributed by atoms with Gasteiger partial charge >= 0.3 is 0 Å². The molecule has 2 aliphatic rings. The van der Waals surface area contributed by atoms with Gasteiger partial charge in [0, 0.05) is 19.3 Å². The predicted octanol–water partition coefficient (Wildman–Crippen LogP) is 1.03. The Bertz CT molecular complexity index is 1080. The molecule has 2 aromatic rings. The fourth-order valence-corrected chi connectivity index (χ4v) is 4.56. The summed E-state index contributed by atoms with van der Waals surface area (Å²) in [6.45, 7) is 4.14. The van der Waals surface area contributed by atoms with Crippen molar-refractivity contribution < 1.29 is 13.2 Å². The standard InChI is InChI=1S/C23H30N6O3S/c24-33(31,32)21-8-6-20(7-9-21)17-29-26-15-22(27-29)23(30)25-14-18-10-12-28(13-11-18)16-19-4-2-1-3-5-19/h1-9,15,18,26-27H,10-14,16-17H2,(H,25,30)(H2,24,31,32). The van der Waals surface area contributed by atoms with Crippen LogP contribution in [-0.4, -0.2) is 44.0 Å². The molecule has 5 N–H and O–H groups in total. The molecule has 1 amide bonds. The quantitative estimate of drug-likeness (QED) is 0.455. The molecule has 2 aromatic carbocycles. The van der Waals surface area contributed by atoms with E-state index in [-0.39, 0.29) is 10.8 Å². The summed E-state index contributed by atoms with van der Waals surface area (Å²) in [5.74, 6) is 0.325. The van der Waals surface area contributed by atoms with Gasteiger partial charge in [-0.15, -0.1) is 5.12 Å². The van der Waals surface area contributed by atoms with Crippen molar-refractivity contribution in [1.29, 1.82) is 0 Å². The largest absolute Gasteiger partial charge is 0.350 e. The van der Waals surface area contributed by atoms with Crippen LogP contribution in [0.5, 0.6) is 0 Å². The number of primary sulfonamides is 1. The number of carbonyl (C=O) groups is 1. The zero-order valence-corrected chi connectivity index (χ0v) is 19.2. The maximum atomic E-state index is 12.5. The van der Waals surface area contributed by atoms with Crippen LogP contribution >= 0.6 is 0 Å². The third-order valence-corrected chi connectivity index (χ3v) is 6.89. The van der Waals surface area contributed by atoms with E-state index in [4.69, 9.17) is 5.14 Å². The van der Waals surface area contributed by atoms with Gasteiger partial charge in [-0.1, -0.05) is 42.5 Å². The SMILES string of the molecule is NS(=O)(=O)c1ccc(CN2NC=C(C(=O)NCC3CCN(Cc4ccccc4)CC3)N2)cc1. The molecule has 0 unspecified atom stereocenters. The van der Waals surface area contributed by atoms with Crippen molar-refractivity contribution in [1.82, 2.24) is 26.2 Å². The van der Waals surface area contributed by atoms with Crippen LogP contribution in [-0.2, 0) is 27.9 Å². The van der Waals surface area contributed by atoms with Gasteiger partial charge in [-0.05, 0) is 55.1 Å². The average molecular weight is 471 g/mol. The summed E-state index contributed by atoms with van der Waals surface area (Å²) >= 11 is 0. The lowest BCUT2D eigenvalue weighted by molar-refractivity contribution is -0.118. The lowest BCUT2D eigenvalue weighted by Gasteiger charge is -2.32. The molecule has 33 heavy (non-hydrogen) atoms. The predicted molar refractivity (Wildman–Crippen MR) is 125 cm³/mol. The molecule has 1 saturated heterocycles. The van der Waals surface area contributed by atoms with Gasteiger partial charge in [0.15, 0.2) is 0 Å². The smallest absolute Gasteiger partial charge is 0.270 e. The molecule has 10 heteroatoms. The van der Waals surface area contributed by atoms with Gasteiger partial charge in [0.2, 0.25) is 10.0 Å². The Morgan fingerprint density at radius 3 is 2.33 bits per heavy atom. The Kier molecular flexibility index (Phi) is 7.29. The molecule has 0 aliphatic carbocycles. The maximum absolute atomic E-state index is 12.5. The number of amides is 1. The first-order valence-corrected chi connectivity index (χ1v) is 12.6. The molecule has 0 atom stereocenters. The lowest BCUT2D eigenvalue weighted by atomic mass is 9.96. The van der Waals surface area contributed by atoms with Gasteiger partial charge < -0.3 is 10.7 Å². The maximum Gasteiger partial charge on any atom is 0.270 e. The second-order valence-corrected chi connectivity index (χ2v) is 10.1. The number of piperidine rings is 1. The van der Waals surface area contributed by atoms with Crippen LogP contribution in [0.4, 0.5) is 0 Å². The number of likely N-dealkylation sites (tertiary alicyclic amines) is 1. The minimum atomic E-state index is -3.71. The molecular formula is C23H30N6O3S. The highest BCUT2D eigenvalue weighted by Gasteiger charge is 2.23. The molecule has 9 nitrogen and oxygen atoms in total. The van der Waals surface area contributed by atoms with E-state index in [1.807, 2.05) is 6.07 Å². The zero-order chi connectivity index (χ0) is 23.3. The number of hydrogen-bond acceptors (Lipinski definition) is 7. The van der Waals surface area contributed by atoms with E-state index >= 15 is 0 Å². The number of nitrogens with zero attached hydrogens (tertiary/aromatic N) is 2. The van der Waals surface area contributed by atoms with Gasteiger partial charge in [0.05, 0.1) is 11.4 Å². The van der Waals surface area contributed by atoms with Crippen molar-refractivity contribution in [3.63, 3.8) is 0 Å². The van der Waals surface area contributed by atoms with Crippen LogP contribution in [0.2, 0.25) is 0 Å². The molecule has 0 aromatic heterocycles. The van der Waals surface area contributed by atoms with Crippen molar-refractivity contribution in [3.8, 4) is 0 Å². The van der Waals surface area contributed by atoms with Crippen LogP contribution in [0.1, 0.15) is 24.0 Å². The third kappa shape index (κ3) is 6.55. The van der Waals surface area contributed by atoms with Crippen LogP contribution in [0, 0.1) is 5.92 Å². The third-order valence-electron chi connectivity index (χ3n) is 5.96. The van der Waals surface area contributed by atoms with E-state index in [2.05, 4.69) is 45.3 Å². The fraction of sp³-hybridized carbons (Fsp3) is 0.348. The van der Waals surface area contributed by atoms with Gasteiger partial charge in [-0.25, -0.2) is 13.6 Å². The van der Waals surface area contributed by atoms with Gasteiger partial charge in [0.25, 0.3) is 5.91 Å². The minimum Gasteiger partial charge on any atom is -0.350 e. The molecular weight excluding hydrogens is 440 g/mol. The van der Waals surface area contributed by atoms with Crippen molar-refractivity contribution >= 4 is 15.9 Å². The summed E-state index contributed by atoms with van der Waals surface area (Å²) in [4.78, 5) is 15.1. The number of carbonyl (C=O) groups excluding carboxylic acids is 1. The van der Waals surface area contributed by atoms with Gasteiger partial charge in [-0.2, -0.15) is 0 Å². The summed E-state index contributed by atoms with van der Waals surface area (Å²) < 4.78 is 22.7. The molecule has 1 fully saturated rings. The first-order chi connectivity index (χ1) is 15.9. The number of nitrogens with one attached hydrogen (secondary N) is 3. The number of hydrogen-bond donors (Lipinski definition) is 4. The Morgan fingerprint density at radius 2 is 1.67 bits per heavy atom. The average Bonchev–Trinajstić information content (AvgIpc) is 3.27. The first kappa shape index (κ1) is 23.2. The van der Waals surface area contributed by atoms with Gasteiger partial charge in [0.1, 0.15) is 5.70 Å². The first-order valence-electron chi connectivity index (χ1n) is 11.0. The Labute approximate surface area is 194 Å². The zero-order valence-electron chi connectivity index (χ0n) is 18.4. The monoisotopic (exact) mass is 470 g/mol. The van der Waals surface area contributed by atoms with Crippen molar-refractivity contribution in [3.05, 3.63) is 77.6 Å². The number of rotatable bonds is 8. The molecule has 0 spiro atoms. The van der Waals surface area contributed by atoms with E-state index in [0.29, 0.717) is 24.7 Å². The highest BCUT2D eigenvalue weighted by molar-refractivity contribution is 7.89. The molecule has 0 radical (unpaired) electrons. The second-order valence-electron chi connectivity index (χ2n) is 8.49. The van der Waals surface area contributed by atoms with Crippen molar-refractivity contribution in [2.75, 3.05) is 19.6 Å². The number of hydrazine groups is 2. The number of sulfonamides is 1. The fourth-order valence-electron chi connectivity index (χ4n) is 4.04. The van der Waals surface area contributed by atoms with E-state index in [1.54, 1.807) is 23.5 Å². The van der Waals surface area contributed by atoms with Crippen LogP contribution in [0.25, 0.3) is 0 Å². The van der Waals surface area contributed by atoms with E-state index in [9.17, 15) is 13.2 Å². The van der Waals surface area contributed by atoms with Gasteiger partial charge in [-0.3, -0.25) is 15.1 Å².